The third kappa shape index (κ3) is 4.22. The maximum absolute atomic E-state index is 14.7. The smallest absolute Gasteiger partial charge is 0.323 e. The lowest BCUT2D eigenvalue weighted by molar-refractivity contribution is 0.262. The zero-order valence-electron chi connectivity index (χ0n) is 17.5. The molecule has 2 heterocycles. The summed E-state index contributed by atoms with van der Waals surface area (Å²) >= 11 is 0. The van der Waals surface area contributed by atoms with Crippen LogP contribution in [0.25, 0.3) is 16.5 Å². The number of para-hydroxylation sites is 1. The van der Waals surface area contributed by atoms with Crippen molar-refractivity contribution in [3.8, 4) is 5.69 Å². The predicted molar refractivity (Wildman–Crippen MR) is 121 cm³/mol. The molecule has 0 aliphatic heterocycles. The minimum Gasteiger partial charge on any atom is -0.373 e. The van der Waals surface area contributed by atoms with Gasteiger partial charge in [-0.2, -0.15) is 0 Å². The number of nitrogens with one attached hydrogen (secondary N) is 3. The number of nitrogens with zero attached hydrogens (tertiary/aromatic N) is 2. The molecule has 3 N–H and O–H groups in total. The van der Waals surface area contributed by atoms with Gasteiger partial charge in [-0.1, -0.05) is 12.1 Å². The number of hydrogen-bond acceptors (Lipinski definition) is 4. The number of rotatable bonds is 4. The minimum absolute atomic E-state index is 0.118. The fourth-order valence-electron chi connectivity index (χ4n) is 3.36. The number of aryl methyl sites for hydroxylation is 1. The third-order valence-corrected chi connectivity index (χ3v) is 5.07. The van der Waals surface area contributed by atoms with E-state index in [0.29, 0.717) is 28.2 Å². The summed E-state index contributed by atoms with van der Waals surface area (Å²) in [6, 6.07) is 7.73. The van der Waals surface area contributed by atoms with Crippen LogP contribution in [-0.4, -0.2) is 22.6 Å². The fraction of sp³-hybridized carbons (Fsp3) is 0.0870. The van der Waals surface area contributed by atoms with Crippen LogP contribution in [-0.2, 0) is 0 Å². The number of carbonyl (C=O) groups excluding carboxylic acids is 1. The third-order valence-electron chi connectivity index (χ3n) is 5.07. The van der Waals surface area contributed by atoms with Gasteiger partial charge in [0.05, 0.1) is 17.1 Å². The van der Waals surface area contributed by atoms with Gasteiger partial charge in [-0.05, 0) is 36.6 Å². The first-order valence-corrected chi connectivity index (χ1v) is 9.80. The lowest BCUT2D eigenvalue weighted by atomic mass is 10.1. The van der Waals surface area contributed by atoms with Gasteiger partial charge in [-0.25, -0.2) is 22.9 Å². The van der Waals surface area contributed by atoms with Gasteiger partial charge in [0.25, 0.3) is 5.56 Å². The molecule has 2 aromatic heterocycles. The summed E-state index contributed by atoms with van der Waals surface area (Å²) in [7, 11) is 1.69. The molecular weight excluding hydrogens is 435 g/mol. The van der Waals surface area contributed by atoms with E-state index in [0.717, 1.165) is 16.7 Å². The number of amides is 2. The molecule has 168 valence electrons. The molecule has 33 heavy (non-hydrogen) atoms. The Balaban J connectivity index is 1.74. The SMILES string of the molecule is CNc1cc2c(C)c(=O)n(-c3cc(NC(=O)Nc4ccccc4F)c(F)cc3F)cc2cn1. The molecule has 0 aliphatic carbocycles. The molecule has 0 spiro atoms. The average molecular weight is 453 g/mol. The van der Waals surface area contributed by atoms with Crippen LogP contribution >= 0.6 is 0 Å². The van der Waals surface area contributed by atoms with Gasteiger partial charge in [0.15, 0.2) is 0 Å². The number of halogens is 3. The predicted octanol–water partition coefficient (Wildman–Crippen LogP) is 4.80. The first-order chi connectivity index (χ1) is 15.8. The van der Waals surface area contributed by atoms with E-state index in [2.05, 4.69) is 20.9 Å². The quantitative estimate of drug-likeness (QED) is 0.414. The second kappa shape index (κ2) is 8.65. The molecule has 2 aromatic carbocycles. The Morgan fingerprint density at radius 2 is 1.70 bits per heavy atom. The highest BCUT2D eigenvalue weighted by atomic mass is 19.1. The summed E-state index contributed by atoms with van der Waals surface area (Å²) in [5.74, 6) is -2.19. The Kier molecular flexibility index (Phi) is 5.74. The maximum Gasteiger partial charge on any atom is 0.323 e. The van der Waals surface area contributed by atoms with Crippen molar-refractivity contribution in [3.05, 3.63) is 88.2 Å². The van der Waals surface area contributed by atoms with Crippen molar-refractivity contribution in [2.24, 2.45) is 0 Å². The van der Waals surface area contributed by atoms with Gasteiger partial charge < -0.3 is 16.0 Å². The van der Waals surface area contributed by atoms with Crippen molar-refractivity contribution in [2.45, 2.75) is 6.92 Å². The van der Waals surface area contributed by atoms with Crippen molar-refractivity contribution < 1.29 is 18.0 Å². The summed E-state index contributed by atoms with van der Waals surface area (Å²) in [6.45, 7) is 1.59. The highest BCUT2D eigenvalue weighted by Crippen LogP contribution is 2.25. The molecule has 0 bridgehead atoms. The molecule has 0 saturated carbocycles. The number of fused-ring (bicyclic) bond motifs is 1. The second-order valence-corrected chi connectivity index (χ2v) is 7.18. The van der Waals surface area contributed by atoms with E-state index in [1.54, 1.807) is 20.0 Å². The second-order valence-electron chi connectivity index (χ2n) is 7.18. The molecule has 10 heteroatoms. The molecule has 0 aliphatic rings. The number of pyridine rings is 2. The molecule has 4 aromatic rings. The lowest BCUT2D eigenvalue weighted by Crippen LogP contribution is -2.23. The fourth-order valence-corrected chi connectivity index (χ4v) is 3.36. The Labute approximate surface area is 185 Å². The van der Waals surface area contributed by atoms with Crippen LogP contribution in [0.3, 0.4) is 0 Å². The van der Waals surface area contributed by atoms with Gasteiger partial charge in [0.2, 0.25) is 0 Å². The number of benzene rings is 2. The van der Waals surface area contributed by atoms with Gasteiger partial charge in [0.1, 0.15) is 23.3 Å². The molecule has 2 amide bonds. The number of anilines is 3. The zero-order valence-corrected chi connectivity index (χ0v) is 17.5. The van der Waals surface area contributed by atoms with Gasteiger partial charge in [-0.3, -0.25) is 9.36 Å². The summed E-state index contributed by atoms with van der Waals surface area (Å²) in [5, 5.41) is 8.53. The summed E-state index contributed by atoms with van der Waals surface area (Å²) in [5.41, 5.74) is -0.976. The summed E-state index contributed by atoms with van der Waals surface area (Å²) < 4.78 is 43.8. The van der Waals surface area contributed by atoms with Crippen LogP contribution in [0.2, 0.25) is 0 Å². The van der Waals surface area contributed by atoms with Gasteiger partial charge in [0, 0.05) is 36.5 Å². The van der Waals surface area contributed by atoms with Crippen LogP contribution in [0.15, 0.2) is 59.7 Å². The van der Waals surface area contributed by atoms with Crippen LogP contribution in [0, 0.1) is 24.4 Å². The first kappa shape index (κ1) is 21.9. The van der Waals surface area contributed by atoms with Crippen molar-refractivity contribution in [1.29, 1.82) is 0 Å². The number of aromatic nitrogens is 2. The standard InChI is InChI=1S/C23H18F3N5O2/c1-12-14-7-21(27-2)28-10-13(14)11-31(22(12)32)20-9-19(16(25)8-17(20)26)30-23(33)29-18-6-4-3-5-15(18)24/h3-11,27H,1-2H3,(H2,29,30,33). The average Bonchev–Trinajstić information content (AvgIpc) is 2.79. The molecular formula is C23H18F3N5O2. The Hall–Kier alpha value is -4.34. The van der Waals surface area contributed by atoms with Crippen molar-refractivity contribution in [3.63, 3.8) is 0 Å². The number of carbonyl (C=O) groups is 1. The molecule has 7 nitrogen and oxygen atoms in total. The molecule has 0 saturated heterocycles. The molecule has 0 unspecified atom stereocenters. The van der Waals surface area contributed by atoms with Crippen molar-refractivity contribution in [1.82, 2.24) is 9.55 Å². The van der Waals surface area contributed by atoms with Crippen LogP contribution < -0.4 is 21.5 Å². The Bertz CT molecular complexity index is 1450. The van der Waals surface area contributed by atoms with E-state index >= 15 is 0 Å². The van der Waals surface area contributed by atoms with E-state index in [-0.39, 0.29) is 11.4 Å². The monoisotopic (exact) mass is 453 g/mol. The van der Waals surface area contributed by atoms with E-state index in [4.69, 9.17) is 0 Å². The Morgan fingerprint density at radius 1 is 0.970 bits per heavy atom. The number of urea groups is 1. The van der Waals surface area contributed by atoms with Gasteiger partial charge in [-0.15, -0.1) is 0 Å². The number of hydrogen-bond donors (Lipinski definition) is 3. The highest BCUT2D eigenvalue weighted by molar-refractivity contribution is 6.00. The lowest BCUT2D eigenvalue weighted by Gasteiger charge is -2.14. The summed E-state index contributed by atoms with van der Waals surface area (Å²) in [4.78, 5) is 29.4. The van der Waals surface area contributed by atoms with E-state index in [1.807, 2.05) is 0 Å². The topological polar surface area (TPSA) is 88.0 Å². The van der Waals surface area contributed by atoms with Crippen molar-refractivity contribution >= 4 is 34.0 Å². The Morgan fingerprint density at radius 3 is 2.42 bits per heavy atom. The molecule has 0 fully saturated rings. The summed E-state index contributed by atoms with van der Waals surface area (Å²) in [6.07, 6.45) is 2.91. The van der Waals surface area contributed by atoms with E-state index in [1.165, 1.54) is 30.6 Å². The van der Waals surface area contributed by atoms with Crippen molar-refractivity contribution in [2.75, 3.05) is 23.0 Å². The molecule has 4 rings (SSSR count). The van der Waals surface area contributed by atoms with E-state index in [9.17, 15) is 22.8 Å². The maximum atomic E-state index is 14.7. The molecule has 0 atom stereocenters. The highest BCUT2D eigenvalue weighted by Gasteiger charge is 2.17. The molecule has 0 radical (unpaired) electrons. The largest absolute Gasteiger partial charge is 0.373 e. The zero-order chi connectivity index (χ0) is 23.7. The van der Waals surface area contributed by atoms with Gasteiger partial charge >= 0.3 is 6.03 Å². The van der Waals surface area contributed by atoms with E-state index < -0.39 is 34.7 Å². The van der Waals surface area contributed by atoms with Crippen LogP contribution in [0.4, 0.5) is 35.2 Å². The normalized spacial score (nSPS) is 10.8. The first-order valence-electron chi connectivity index (χ1n) is 9.80. The van der Waals surface area contributed by atoms with Crippen LogP contribution in [0.5, 0.6) is 0 Å². The van der Waals surface area contributed by atoms with Crippen LogP contribution in [0.1, 0.15) is 5.56 Å². The minimum atomic E-state index is -1.06.